The van der Waals surface area contributed by atoms with E-state index in [9.17, 15) is 10.1 Å². The highest BCUT2D eigenvalue weighted by molar-refractivity contribution is 5.73. The van der Waals surface area contributed by atoms with Crippen LogP contribution in [0.25, 0.3) is 6.08 Å². The van der Waals surface area contributed by atoms with Gasteiger partial charge in [-0.15, -0.1) is 0 Å². The first-order valence-electron chi connectivity index (χ1n) is 15.8. The molecule has 2 aromatic carbocycles. The Morgan fingerprint density at radius 1 is 0.848 bits per heavy atom. The second-order valence-electron chi connectivity index (χ2n) is 11.8. The summed E-state index contributed by atoms with van der Waals surface area (Å²) in [5.74, 6) is 0.644. The van der Waals surface area contributed by atoms with E-state index < -0.39 is 11.1 Å². The average Bonchev–Trinajstić information content (AvgIpc) is 3.21. The number of ether oxygens (including phenoxy) is 7. The Morgan fingerprint density at radius 3 is 1.98 bits per heavy atom. The third-order valence-electron chi connectivity index (χ3n) is 8.57. The minimum absolute atomic E-state index is 0.0224. The van der Waals surface area contributed by atoms with Crippen LogP contribution in [-0.2, 0) is 40.4 Å². The Kier molecular flexibility index (Phi) is 13.3. The lowest BCUT2D eigenvalue weighted by atomic mass is 9.76. The van der Waals surface area contributed by atoms with E-state index in [4.69, 9.17) is 33.2 Å². The molecule has 0 amide bonds. The summed E-state index contributed by atoms with van der Waals surface area (Å²) in [6, 6.07) is 11.5. The number of hydrogen-bond donors (Lipinski definition) is 0. The first kappa shape index (κ1) is 35.7. The summed E-state index contributed by atoms with van der Waals surface area (Å²) in [4.78, 5) is 16.0. The monoisotopic (exact) mass is 643 g/mol. The van der Waals surface area contributed by atoms with E-state index in [1.807, 2.05) is 31.3 Å². The van der Waals surface area contributed by atoms with Gasteiger partial charge in [-0.2, -0.15) is 0 Å². The summed E-state index contributed by atoms with van der Waals surface area (Å²) in [6.07, 6.45) is 3.99. The minimum atomic E-state index is -0.808. The van der Waals surface area contributed by atoms with Crippen molar-refractivity contribution in [3.05, 3.63) is 69.3 Å². The summed E-state index contributed by atoms with van der Waals surface area (Å²) < 4.78 is 39.7. The number of rotatable bonds is 21. The molecule has 0 fully saturated rings. The first-order valence-corrected chi connectivity index (χ1v) is 15.8. The number of fused-ring (bicyclic) bond motifs is 2. The molecular formula is C34H49N3O9. The van der Waals surface area contributed by atoms with Crippen molar-refractivity contribution in [1.82, 2.24) is 4.90 Å². The van der Waals surface area contributed by atoms with E-state index in [2.05, 4.69) is 35.8 Å². The lowest BCUT2D eigenvalue weighted by Gasteiger charge is -2.46. The van der Waals surface area contributed by atoms with Gasteiger partial charge in [-0.1, -0.05) is 18.2 Å². The van der Waals surface area contributed by atoms with Crippen molar-refractivity contribution in [2.45, 2.75) is 31.5 Å². The van der Waals surface area contributed by atoms with Gasteiger partial charge in [0.05, 0.1) is 76.4 Å². The number of para-hydroxylation sites is 1. The molecule has 0 bridgehead atoms. The largest absolute Gasteiger partial charge is 0.462 e. The van der Waals surface area contributed by atoms with Crippen molar-refractivity contribution >= 4 is 17.5 Å². The number of likely N-dealkylation sites (N-methyl/N-ethyl adjacent to an activating group) is 1. The van der Waals surface area contributed by atoms with E-state index in [-0.39, 0.29) is 10.6 Å². The van der Waals surface area contributed by atoms with E-state index in [0.29, 0.717) is 97.0 Å². The zero-order valence-corrected chi connectivity index (χ0v) is 27.8. The highest BCUT2D eigenvalue weighted by Gasteiger charge is 2.57. The van der Waals surface area contributed by atoms with Crippen molar-refractivity contribution in [2.24, 2.45) is 0 Å². The lowest BCUT2D eigenvalue weighted by Crippen LogP contribution is -2.58. The maximum atomic E-state index is 12.0. The molecule has 254 valence electrons. The molecule has 1 atom stereocenters. The molecule has 0 N–H and O–H groups in total. The maximum absolute atomic E-state index is 12.0. The Morgan fingerprint density at radius 2 is 1.41 bits per heavy atom. The van der Waals surface area contributed by atoms with Gasteiger partial charge in [0.2, 0.25) is 5.72 Å². The number of nitrogens with zero attached hydrogens (tertiary/aromatic N) is 3. The summed E-state index contributed by atoms with van der Waals surface area (Å²) in [7, 11) is 5.31. The van der Waals surface area contributed by atoms with Crippen LogP contribution in [0.3, 0.4) is 0 Å². The normalized spacial score (nSPS) is 17.8. The van der Waals surface area contributed by atoms with Crippen LogP contribution in [-0.4, -0.2) is 116 Å². The van der Waals surface area contributed by atoms with Gasteiger partial charge >= 0.3 is 0 Å². The highest BCUT2D eigenvalue weighted by atomic mass is 16.6. The molecule has 46 heavy (non-hydrogen) atoms. The fourth-order valence-electron chi connectivity index (χ4n) is 5.99. The number of anilines is 1. The van der Waals surface area contributed by atoms with Crippen LogP contribution in [0.2, 0.25) is 0 Å². The molecule has 2 aliphatic heterocycles. The minimum Gasteiger partial charge on any atom is -0.462 e. The fourth-order valence-corrected chi connectivity index (χ4v) is 5.99. The molecule has 0 aromatic heterocycles. The summed E-state index contributed by atoms with van der Waals surface area (Å²) in [5, 5.41) is 12.0. The number of non-ortho nitro benzene ring substituents is 1. The standard InChI is InChI=1S/C34H49N3O9/c1-33(2)30-8-6-7-9-31(30)35(3)34(33)11-10-27-24-29(37(38)39)25-28(32(27)46-34)26-36(12-14-42-20-22-44-18-16-40-4)13-15-43-21-23-45-19-17-41-5/h6-11,24-25H,12-23,26H2,1-5H3. The Bertz CT molecular complexity index is 1280. The smallest absolute Gasteiger partial charge is 0.270 e. The van der Waals surface area contributed by atoms with Crippen LogP contribution >= 0.6 is 0 Å². The number of benzene rings is 2. The third kappa shape index (κ3) is 8.43. The van der Waals surface area contributed by atoms with E-state index in [1.165, 1.54) is 5.56 Å². The van der Waals surface area contributed by atoms with Gasteiger partial charge in [0, 0.05) is 69.8 Å². The third-order valence-corrected chi connectivity index (χ3v) is 8.57. The molecule has 1 unspecified atom stereocenters. The zero-order valence-electron chi connectivity index (χ0n) is 27.8. The summed E-state index contributed by atoms with van der Waals surface area (Å²) >= 11 is 0. The molecule has 1 spiro atoms. The fraction of sp³-hybridized carbons (Fsp3) is 0.588. The van der Waals surface area contributed by atoms with Gasteiger partial charge in [0.1, 0.15) is 5.75 Å². The molecule has 2 aromatic rings. The maximum Gasteiger partial charge on any atom is 0.270 e. The Hall–Kier alpha value is -3.10. The predicted molar refractivity (Wildman–Crippen MR) is 176 cm³/mol. The molecule has 0 aliphatic carbocycles. The van der Waals surface area contributed by atoms with Crippen LogP contribution in [0.5, 0.6) is 5.75 Å². The van der Waals surface area contributed by atoms with Crippen molar-refractivity contribution < 1.29 is 38.1 Å². The van der Waals surface area contributed by atoms with E-state index >= 15 is 0 Å². The Balaban J connectivity index is 1.51. The highest BCUT2D eigenvalue weighted by Crippen LogP contribution is 2.54. The zero-order chi connectivity index (χ0) is 33.0. The van der Waals surface area contributed by atoms with Crippen molar-refractivity contribution in [1.29, 1.82) is 0 Å². The predicted octanol–water partition coefficient (Wildman–Crippen LogP) is 4.29. The van der Waals surface area contributed by atoms with Gasteiger partial charge < -0.3 is 38.1 Å². The second-order valence-corrected chi connectivity index (χ2v) is 11.8. The van der Waals surface area contributed by atoms with Crippen molar-refractivity contribution in [3.63, 3.8) is 0 Å². The molecule has 4 rings (SSSR count). The van der Waals surface area contributed by atoms with Gasteiger partial charge in [-0.25, -0.2) is 0 Å². The van der Waals surface area contributed by atoms with Gasteiger partial charge in [-0.05, 0) is 37.6 Å². The van der Waals surface area contributed by atoms with E-state index in [0.717, 1.165) is 11.3 Å². The van der Waals surface area contributed by atoms with Crippen molar-refractivity contribution in [2.75, 3.05) is 105 Å². The van der Waals surface area contributed by atoms with Gasteiger partial charge in [0.25, 0.3) is 5.69 Å². The number of nitro groups is 1. The van der Waals surface area contributed by atoms with Crippen LogP contribution in [0.1, 0.15) is 30.5 Å². The van der Waals surface area contributed by atoms with E-state index in [1.54, 1.807) is 26.4 Å². The number of hydrogen-bond acceptors (Lipinski definition) is 11. The molecule has 12 heteroatoms. The lowest BCUT2D eigenvalue weighted by molar-refractivity contribution is -0.385. The van der Waals surface area contributed by atoms with Gasteiger partial charge in [-0.3, -0.25) is 15.0 Å². The van der Waals surface area contributed by atoms with Crippen LogP contribution < -0.4 is 9.64 Å². The molecule has 0 saturated carbocycles. The summed E-state index contributed by atoms with van der Waals surface area (Å²) in [5.41, 5.74) is 2.51. The quantitative estimate of drug-likeness (QED) is 0.110. The average molecular weight is 644 g/mol. The molecule has 0 saturated heterocycles. The second kappa shape index (κ2) is 17.2. The number of methoxy groups -OCH3 is 2. The van der Waals surface area contributed by atoms with Crippen LogP contribution in [0.4, 0.5) is 11.4 Å². The van der Waals surface area contributed by atoms with Crippen LogP contribution in [0, 0.1) is 10.1 Å². The van der Waals surface area contributed by atoms with Crippen LogP contribution in [0.15, 0.2) is 42.5 Å². The molecule has 2 heterocycles. The molecule has 2 aliphatic rings. The topological polar surface area (TPSA) is 114 Å². The van der Waals surface area contributed by atoms with Gasteiger partial charge in [0.15, 0.2) is 0 Å². The number of nitro benzene ring substituents is 1. The SMILES string of the molecule is COCCOCCOCCN(CCOCCOCCOC)Cc1cc([N+](=O)[O-])cc2c1OC1(C=C2)N(C)c2ccccc2C1(C)C. The first-order chi connectivity index (χ1) is 22.2. The Labute approximate surface area is 272 Å². The molecular weight excluding hydrogens is 594 g/mol. The molecule has 0 radical (unpaired) electrons. The summed E-state index contributed by atoms with van der Waals surface area (Å²) in [6.45, 7) is 10.8. The molecule has 12 nitrogen and oxygen atoms in total. The van der Waals surface area contributed by atoms with Crippen molar-refractivity contribution in [3.8, 4) is 5.75 Å².